The highest BCUT2D eigenvalue weighted by Crippen LogP contribution is 2.12. The molecule has 0 bridgehead atoms. The van der Waals surface area contributed by atoms with Gasteiger partial charge in [-0.1, -0.05) is 6.42 Å². The number of aryl methyl sites for hydroxylation is 1. The van der Waals surface area contributed by atoms with Crippen molar-refractivity contribution in [1.29, 1.82) is 0 Å². The number of nitrogens with two attached hydrogens (primary N) is 1. The number of aromatic nitrogens is 1. The van der Waals surface area contributed by atoms with Crippen LogP contribution in [-0.2, 0) is 6.54 Å². The van der Waals surface area contributed by atoms with E-state index in [0.717, 1.165) is 26.2 Å². The fourth-order valence-electron chi connectivity index (χ4n) is 2.86. The van der Waals surface area contributed by atoms with Gasteiger partial charge in [0.15, 0.2) is 0 Å². The van der Waals surface area contributed by atoms with Crippen molar-refractivity contribution >= 4 is 11.6 Å². The van der Waals surface area contributed by atoms with E-state index in [1.54, 1.807) is 6.07 Å². The van der Waals surface area contributed by atoms with E-state index in [2.05, 4.69) is 17.1 Å². The van der Waals surface area contributed by atoms with Crippen LogP contribution in [0.3, 0.4) is 0 Å². The molecule has 1 aliphatic heterocycles. The number of anilines is 1. The summed E-state index contributed by atoms with van der Waals surface area (Å²) < 4.78 is 1.89. The van der Waals surface area contributed by atoms with Crippen LogP contribution in [0.1, 0.15) is 43.6 Å². The number of hydrogen-bond acceptors (Lipinski definition) is 3. The number of carbonyl (C=O) groups is 1. The molecule has 1 amide bonds. The van der Waals surface area contributed by atoms with Crippen molar-refractivity contribution in [2.24, 2.45) is 0 Å². The minimum absolute atomic E-state index is 0.0342. The number of nitrogens with one attached hydrogen (secondary N) is 1. The molecule has 1 unspecified atom stereocenters. The summed E-state index contributed by atoms with van der Waals surface area (Å²) in [6.07, 6.45) is 5.69. The highest BCUT2D eigenvalue weighted by Gasteiger charge is 2.17. The quantitative estimate of drug-likeness (QED) is 0.861. The van der Waals surface area contributed by atoms with Gasteiger partial charge in [0.2, 0.25) is 0 Å². The molecule has 1 aliphatic rings. The van der Waals surface area contributed by atoms with Gasteiger partial charge in [-0.15, -0.1) is 0 Å². The van der Waals surface area contributed by atoms with Gasteiger partial charge in [-0.3, -0.25) is 4.79 Å². The minimum Gasteiger partial charge on any atom is -0.397 e. The maximum Gasteiger partial charge on any atom is 0.268 e. The van der Waals surface area contributed by atoms with Gasteiger partial charge in [0.1, 0.15) is 5.69 Å². The second kappa shape index (κ2) is 6.79. The molecule has 1 fully saturated rings. The largest absolute Gasteiger partial charge is 0.397 e. The van der Waals surface area contributed by atoms with Crippen LogP contribution in [0.5, 0.6) is 0 Å². The van der Waals surface area contributed by atoms with E-state index in [-0.39, 0.29) is 11.9 Å². The van der Waals surface area contributed by atoms with Crippen molar-refractivity contribution in [1.82, 2.24) is 14.8 Å². The normalized spacial score (nSPS) is 17.9. The van der Waals surface area contributed by atoms with Crippen LogP contribution in [-0.4, -0.2) is 41.1 Å². The summed E-state index contributed by atoms with van der Waals surface area (Å²) in [6, 6.07) is 1.90. The molecule has 2 rings (SSSR count). The monoisotopic (exact) mass is 278 g/mol. The summed E-state index contributed by atoms with van der Waals surface area (Å²) in [4.78, 5) is 14.7. The molecule has 3 N–H and O–H groups in total. The zero-order chi connectivity index (χ0) is 14.5. The molecule has 2 heterocycles. The fourth-order valence-corrected chi connectivity index (χ4v) is 2.86. The number of piperidine rings is 1. The van der Waals surface area contributed by atoms with E-state index >= 15 is 0 Å². The van der Waals surface area contributed by atoms with Crippen LogP contribution in [0.25, 0.3) is 0 Å². The Bertz CT molecular complexity index is 449. The third kappa shape index (κ3) is 3.76. The first kappa shape index (κ1) is 14.9. The SMILES string of the molecule is CCn1cc(N)cc1C(=O)NC(C)CN1CCCCC1. The predicted octanol–water partition coefficient (Wildman–Crippen LogP) is 1.69. The molecule has 0 radical (unpaired) electrons. The van der Waals surface area contributed by atoms with Crippen molar-refractivity contribution < 1.29 is 4.79 Å². The van der Waals surface area contributed by atoms with Gasteiger partial charge in [0.25, 0.3) is 5.91 Å². The van der Waals surface area contributed by atoms with Crippen molar-refractivity contribution in [2.75, 3.05) is 25.4 Å². The average molecular weight is 278 g/mol. The van der Waals surface area contributed by atoms with E-state index in [0.29, 0.717) is 11.4 Å². The van der Waals surface area contributed by atoms with Gasteiger partial charge in [-0.25, -0.2) is 0 Å². The topological polar surface area (TPSA) is 63.3 Å². The Balaban J connectivity index is 1.89. The lowest BCUT2D eigenvalue weighted by Gasteiger charge is -2.29. The van der Waals surface area contributed by atoms with Crippen LogP contribution >= 0.6 is 0 Å². The molecule has 1 saturated heterocycles. The summed E-state index contributed by atoms with van der Waals surface area (Å²) >= 11 is 0. The molecular formula is C15H26N4O. The van der Waals surface area contributed by atoms with Crippen LogP contribution in [0.15, 0.2) is 12.3 Å². The maximum atomic E-state index is 12.3. The Labute approximate surface area is 121 Å². The number of nitrogens with zero attached hydrogens (tertiary/aromatic N) is 2. The number of hydrogen-bond donors (Lipinski definition) is 2. The third-order valence-electron chi connectivity index (χ3n) is 3.85. The van der Waals surface area contributed by atoms with Gasteiger partial charge in [-0.05, 0) is 45.8 Å². The summed E-state index contributed by atoms with van der Waals surface area (Å²) in [7, 11) is 0. The average Bonchev–Trinajstić information content (AvgIpc) is 2.81. The van der Waals surface area contributed by atoms with Crippen LogP contribution in [0.2, 0.25) is 0 Å². The summed E-state index contributed by atoms with van der Waals surface area (Å²) in [6.45, 7) is 8.05. The van der Waals surface area contributed by atoms with Gasteiger partial charge in [0.05, 0.1) is 5.69 Å². The fraction of sp³-hybridized carbons (Fsp3) is 0.667. The highest BCUT2D eigenvalue weighted by atomic mass is 16.2. The Morgan fingerprint density at radius 1 is 1.40 bits per heavy atom. The molecule has 20 heavy (non-hydrogen) atoms. The lowest BCUT2D eigenvalue weighted by molar-refractivity contribution is 0.0916. The van der Waals surface area contributed by atoms with Gasteiger partial charge >= 0.3 is 0 Å². The van der Waals surface area contributed by atoms with E-state index in [4.69, 9.17) is 5.73 Å². The number of amides is 1. The molecule has 0 saturated carbocycles. The molecule has 5 nitrogen and oxygen atoms in total. The van der Waals surface area contributed by atoms with E-state index in [1.165, 1.54) is 19.3 Å². The Hall–Kier alpha value is -1.49. The number of nitrogen functional groups attached to an aromatic ring is 1. The van der Waals surface area contributed by atoms with Crippen molar-refractivity contribution in [3.8, 4) is 0 Å². The highest BCUT2D eigenvalue weighted by molar-refractivity contribution is 5.94. The molecule has 1 aromatic heterocycles. The second-order valence-electron chi connectivity index (χ2n) is 5.68. The van der Waals surface area contributed by atoms with Gasteiger partial charge in [0, 0.05) is 25.3 Å². The lowest BCUT2D eigenvalue weighted by Crippen LogP contribution is -2.44. The Morgan fingerprint density at radius 3 is 2.75 bits per heavy atom. The first-order valence-corrected chi connectivity index (χ1v) is 7.59. The van der Waals surface area contributed by atoms with Crippen molar-refractivity contribution in [3.05, 3.63) is 18.0 Å². The molecule has 0 spiro atoms. The van der Waals surface area contributed by atoms with E-state index in [1.807, 2.05) is 17.7 Å². The lowest BCUT2D eigenvalue weighted by atomic mass is 10.1. The van der Waals surface area contributed by atoms with Crippen LogP contribution < -0.4 is 11.1 Å². The summed E-state index contributed by atoms with van der Waals surface area (Å²) in [5.74, 6) is -0.0342. The predicted molar refractivity (Wildman–Crippen MR) is 81.7 cm³/mol. The first-order chi connectivity index (χ1) is 9.60. The Morgan fingerprint density at radius 2 is 2.10 bits per heavy atom. The van der Waals surface area contributed by atoms with Crippen molar-refractivity contribution in [3.63, 3.8) is 0 Å². The molecule has 112 valence electrons. The molecule has 0 aromatic carbocycles. The van der Waals surface area contributed by atoms with Crippen LogP contribution in [0, 0.1) is 0 Å². The molecule has 1 aromatic rings. The maximum absolute atomic E-state index is 12.3. The van der Waals surface area contributed by atoms with Crippen molar-refractivity contribution in [2.45, 2.75) is 45.7 Å². The zero-order valence-corrected chi connectivity index (χ0v) is 12.6. The van der Waals surface area contributed by atoms with Gasteiger partial charge < -0.3 is 20.5 Å². The standard InChI is InChI=1S/C15H26N4O/c1-3-19-11-13(16)9-14(19)15(20)17-12(2)10-18-7-5-4-6-8-18/h9,11-12H,3-8,10,16H2,1-2H3,(H,17,20). The molecular weight excluding hydrogens is 252 g/mol. The summed E-state index contributed by atoms with van der Waals surface area (Å²) in [5.41, 5.74) is 7.05. The zero-order valence-electron chi connectivity index (χ0n) is 12.6. The molecule has 0 aliphatic carbocycles. The molecule has 1 atom stereocenters. The smallest absolute Gasteiger partial charge is 0.268 e. The first-order valence-electron chi connectivity index (χ1n) is 7.59. The van der Waals surface area contributed by atoms with E-state index < -0.39 is 0 Å². The number of likely N-dealkylation sites (tertiary alicyclic amines) is 1. The number of carbonyl (C=O) groups excluding carboxylic acids is 1. The van der Waals surface area contributed by atoms with Crippen LogP contribution in [0.4, 0.5) is 5.69 Å². The number of rotatable bonds is 5. The third-order valence-corrected chi connectivity index (χ3v) is 3.85. The minimum atomic E-state index is -0.0342. The Kier molecular flexibility index (Phi) is 5.06. The van der Waals surface area contributed by atoms with Gasteiger partial charge in [-0.2, -0.15) is 0 Å². The van der Waals surface area contributed by atoms with E-state index in [9.17, 15) is 4.79 Å². The summed E-state index contributed by atoms with van der Waals surface area (Å²) in [5, 5.41) is 3.07. The second-order valence-corrected chi connectivity index (χ2v) is 5.68. The molecule has 5 heteroatoms.